The van der Waals surface area contributed by atoms with Gasteiger partial charge in [-0.2, -0.15) is 18.3 Å². The molecule has 0 radical (unpaired) electrons. The zero-order valence-corrected chi connectivity index (χ0v) is 17.3. The normalized spacial score (nSPS) is 11.7. The van der Waals surface area contributed by atoms with E-state index < -0.39 is 35.4 Å². The van der Waals surface area contributed by atoms with E-state index in [0.717, 1.165) is 6.20 Å². The number of H-pyrrole nitrogens is 1. The summed E-state index contributed by atoms with van der Waals surface area (Å²) in [5.74, 6) is -3.77. The van der Waals surface area contributed by atoms with Crippen LogP contribution in [0.1, 0.15) is 11.4 Å². The standard InChI is InChI=1S/C20H12F5N9O/c21-11-4-2-1-3-10(11)9-34-15(13-5-6-35-33-13)7-14(32-34)17-26-8-12(22)16(27-17)28-19-29-18(30-31-19)20(23,24)25/h1-8H,9H2,(H2,26,27,28,29,30,31). The minimum Gasteiger partial charge on any atom is -0.364 e. The fraction of sp³-hybridized carbons (Fsp3) is 0.100. The van der Waals surface area contributed by atoms with Gasteiger partial charge in [0.1, 0.15) is 23.5 Å². The zero-order valence-electron chi connectivity index (χ0n) is 17.3. The van der Waals surface area contributed by atoms with E-state index in [9.17, 15) is 22.0 Å². The maximum atomic E-state index is 14.3. The third kappa shape index (κ3) is 4.55. The lowest BCUT2D eigenvalue weighted by molar-refractivity contribution is -0.144. The molecule has 5 aromatic rings. The molecule has 15 heteroatoms. The van der Waals surface area contributed by atoms with Gasteiger partial charge < -0.3 is 14.8 Å². The number of benzene rings is 1. The second-order valence-electron chi connectivity index (χ2n) is 7.08. The summed E-state index contributed by atoms with van der Waals surface area (Å²) >= 11 is 0. The van der Waals surface area contributed by atoms with Crippen LogP contribution in [0.5, 0.6) is 0 Å². The molecule has 0 amide bonds. The Labute approximate surface area is 191 Å². The summed E-state index contributed by atoms with van der Waals surface area (Å²) in [5, 5.41) is 16.8. The Morgan fingerprint density at radius 2 is 1.86 bits per heavy atom. The molecule has 0 aliphatic rings. The molecule has 0 aliphatic carbocycles. The molecule has 1 aromatic carbocycles. The lowest BCUT2D eigenvalue weighted by Gasteiger charge is -2.06. The van der Waals surface area contributed by atoms with Crippen molar-refractivity contribution in [1.82, 2.24) is 40.1 Å². The van der Waals surface area contributed by atoms with Crippen molar-refractivity contribution in [2.45, 2.75) is 12.7 Å². The van der Waals surface area contributed by atoms with E-state index in [-0.39, 0.29) is 18.1 Å². The van der Waals surface area contributed by atoms with Gasteiger partial charge in [0.05, 0.1) is 18.4 Å². The van der Waals surface area contributed by atoms with Gasteiger partial charge in [-0.05, 0) is 12.1 Å². The second kappa shape index (κ2) is 8.58. The van der Waals surface area contributed by atoms with E-state index in [2.05, 4.69) is 35.7 Å². The summed E-state index contributed by atoms with van der Waals surface area (Å²) in [6.45, 7) is 0.0272. The highest BCUT2D eigenvalue weighted by Crippen LogP contribution is 2.28. The van der Waals surface area contributed by atoms with E-state index in [1.54, 1.807) is 24.3 Å². The predicted molar refractivity (Wildman–Crippen MR) is 109 cm³/mol. The van der Waals surface area contributed by atoms with Crippen LogP contribution in [0.15, 0.2) is 53.4 Å². The summed E-state index contributed by atoms with van der Waals surface area (Å²) in [6.07, 6.45) is -2.60. The quantitative estimate of drug-likeness (QED) is 0.340. The third-order valence-corrected chi connectivity index (χ3v) is 4.72. The lowest BCUT2D eigenvalue weighted by Crippen LogP contribution is -2.07. The highest BCUT2D eigenvalue weighted by Gasteiger charge is 2.35. The van der Waals surface area contributed by atoms with Crippen LogP contribution in [0.4, 0.5) is 33.7 Å². The lowest BCUT2D eigenvalue weighted by atomic mass is 10.2. The number of anilines is 2. The maximum Gasteiger partial charge on any atom is 0.451 e. The van der Waals surface area contributed by atoms with Crippen molar-refractivity contribution in [1.29, 1.82) is 0 Å². The highest BCUT2D eigenvalue weighted by molar-refractivity contribution is 5.64. The van der Waals surface area contributed by atoms with Crippen LogP contribution >= 0.6 is 0 Å². The smallest absolute Gasteiger partial charge is 0.364 e. The van der Waals surface area contributed by atoms with Crippen molar-refractivity contribution >= 4 is 11.8 Å². The van der Waals surface area contributed by atoms with Crippen LogP contribution < -0.4 is 5.32 Å². The highest BCUT2D eigenvalue weighted by atomic mass is 19.4. The molecule has 10 nitrogen and oxygen atoms in total. The SMILES string of the molecule is Fc1ccccc1Cn1nc(-c2ncc(F)c(Nc3nnc(C(F)(F)F)[nH]3)n2)cc1-c1ccon1. The topological polar surface area (TPSA) is 123 Å². The van der Waals surface area contributed by atoms with Crippen LogP contribution in [0.3, 0.4) is 0 Å². The molecule has 0 atom stereocenters. The Balaban J connectivity index is 1.50. The summed E-state index contributed by atoms with van der Waals surface area (Å²) in [4.78, 5) is 9.81. The average molecular weight is 489 g/mol. The summed E-state index contributed by atoms with van der Waals surface area (Å²) < 4.78 is 73.1. The van der Waals surface area contributed by atoms with Gasteiger partial charge in [-0.25, -0.2) is 18.7 Å². The van der Waals surface area contributed by atoms with Gasteiger partial charge in [-0.3, -0.25) is 4.68 Å². The molecular formula is C20H12F5N9O. The molecule has 0 bridgehead atoms. The number of aromatic amines is 1. The second-order valence-corrected chi connectivity index (χ2v) is 7.08. The minimum atomic E-state index is -4.76. The number of hydrogen-bond acceptors (Lipinski definition) is 8. The van der Waals surface area contributed by atoms with Gasteiger partial charge in [0.2, 0.25) is 11.8 Å². The van der Waals surface area contributed by atoms with Gasteiger partial charge in [-0.1, -0.05) is 23.4 Å². The van der Waals surface area contributed by atoms with Crippen molar-refractivity contribution in [3.8, 4) is 22.9 Å². The van der Waals surface area contributed by atoms with Crippen LogP contribution in [0.2, 0.25) is 0 Å². The summed E-state index contributed by atoms with van der Waals surface area (Å²) in [7, 11) is 0. The molecule has 0 aliphatic heterocycles. The predicted octanol–water partition coefficient (Wildman–Crippen LogP) is 4.20. The van der Waals surface area contributed by atoms with Crippen molar-refractivity contribution in [3.63, 3.8) is 0 Å². The Morgan fingerprint density at radius 3 is 2.57 bits per heavy atom. The van der Waals surface area contributed by atoms with E-state index >= 15 is 0 Å². The molecule has 0 unspecified atom stereocenters. The van der Waals surface area contributed by atoms with E-state index in [1.165, 1.54) is 23.1 Å². The Kier molecular flexibility index (Phi) is 5.43. The number of nitrogens with zero attached hydrogens (tertiary/aromatic N) is 7. The zero-order chi connectivity index (χ0) is 24.6. The van der Waals surface area contributed by atoms with E-state index in [1.807, 2.05) is 4.98 Å². The molecule has 0 saturated heterocycles. The molecule has 5 rings (SSSR count). The first-order chi connectivity index (χ1) is 16.8. The molecule has 35 heavy (non-hydrogen) atoms. The number of halogens is 5. The van der Waals surface area contributed by atoms with Crippen molar-refractivity contribution < 1.29 is 26.5 Å². The molecule has 178 valence electrons. The van der Waals surface area contributed by atoms with E-state index in [4.69, 9.17) is 4.52 Å². The largest absolute Gasteiger partial charge is 0.451 e. The molecule has 4 aromatic heterocycles. The van der Waals surface area contributed by atoms with Gasteiger partial charge >= 0.3 is 6.18 Å². The minimum absolute atomic E-state index is 0.0272. The first-order valence-electron chi connectivity index (χ1n) is 9.80. The molecule has 0 fully saturated rings. The average Bonchev–Trinajstić information content (AvgIpc) is 3.57. The van der Waals surface area contributed by atoms with Crippen molar-refractivity contribution in [2.75, 3.05) is 5.32 Å². The number of rotatable bonds is 6. The van der Waals surface area contributed by atoms with Gasteiger partial charge in [0.15, 0.2) is 17.5 Å². The van der Waals surface area contributed by atoms with E-state index in [0.29, 0.717) is 17.0 Å². The fourth-order valence-electron chi connectivity index (χ4n) is 3.12. The van der Waals surface area contributed by atoms with Crippen molar-refractivity contribution in [2.24, 2.45) is 0 Å². The summed E-state index contributed by atoms with van der Waals surface area (Å²) in [5.41, 5.74) is 1.34. The number of aromatic nitrogens is 8. The molecule has 0 saturated carbocycles. The summed E-state index contributed by atoms with van der Waals surface area (Å²) in [6, 6.07) is 9.23. The molecular weight excluding hydrogens is 477 g/mol. The monoisotopic (exact) mass is 489 g/mol. The maximum absolute atomic E-state index is 14.3. The number of hydrogen-bond donors (Lipinski definition) is 2. The van der Waals surface area contributed by atoms with Gasteiger partial charge in [0, 0.05) is 11.6 Å². The van der Waals surface area contributed by atoms with Crippen LogP contribution in [0.25, 0.3) is 22.9 Å². The Morgan fingerprint density at radius 1 is 1.03 bits per heavy atom. The van der Waals surface area contributed by atoms with Crippen molar-refractivity contribution in [3.05, 3.63) is 71.9 Å². The van der Waals surface area contributed by atoms with Gasteiger partial charge in [-0.15, -0.1) is 10.2 Å². The first kappa shape index (κ1) is 22.1. The van der Waals surface area contributed by atoms with Crippen LogP contribution in [-0.2, 0) is 12.7 Å². The molecule has 0 spiro atoms. The van der Waals surface area contributed by atoms with Crippen LogP contribution in [0, 0.1) is 11.6 Å². The number of nitrogens with one attached hydrogen (secondary N) is 2. The fourth-order valence-corrected chi connectivity index (χ4v) is 3.12. The number of alkyl halides is 3. The van der Waals surface area contributed by atoms with Crippen LogP contribution in [-0.4, -0.2) is 40.1 Å². The molecule has 4 heterocycles. The Hall–Kier alpha value is -4.69. The van der Waals surface area contributed by atoms with Gasteiger partial charge in [0.25, 0.3) is 0 Å². The molecule has 2 N–H and O–H groups in total. The third-order valence-electron chi connectivity index (χ3n) is 4.72. The Bertz CT molecular complexity index is 1480. The first-order valence-corrected chi connectivity index (χ1v) is 9.80.